The maximum atomic E-state index is 4.82. The Morgan fingerprint density at radius 2 is 1.27 bits per heavy atom. The van der Waals surface area contributed by atoms with E-state index in [1.54, 1.807) is 0 Å². The number of unbranched alkanes of at least 4 members (excludes halogenated alkanes) is 4. The van der Waals surface area contributed by atoms with E-state index in [9.17, 15) is 0 Å². The highest BCUT2D eigenvalue weighted by molar-refractivity contribution is 5.64. The summed E-state index contributed by atoms with van der Waals surface area (Å²) in [5, 5.41) is 0. The summed E-state index contributed by atoms with van der Waals surface area (Å²) < 4.78 is 0. The maximum Gasteiger partial charge on any atom is 0.0723 e. The van der Waals surface area contributed by atoms with Crippen LogP contribution in [0.5, 0.6) is 0 Å². The van der Waals surface area contributed by atoms with Gasteiger partial charge in [-0.15, -0.1) is 0 Å². The standard InChI is InChI=1S/C28H44N2/c1-5-9-13-23(14-10-6-2)25-17-20-30-28(21-25)27-22-29-19-18-26(27)24(15-11-7-3)16-12-8-4/h17-24H,5-16H2,1-4H3. The Morgan fingerprint density at radius 1 is 0.700 bits per heavy atom. The van der Waals surface area contributed by atoms with Gasteiger partial charge in [-0.3, -0.25) is 9.97 Å². The minimum atomic E-state index is 0.615. The summed E-state index contributed by atoms with van der Waals surface area (Å²) in [7, 11) is 0. The van der Waals surface area contributed by atoms with E-state index in [2.05, 4.69) is 57.1 Å². The first-order chi connectivity index (χ1) is 14.7. The van der Waals surface area contributed by atoms with Crippen LogP contribution < -0.4 is 0 Å². The van der Waals surface area contributed by atoms with Crippen molar-refractivity contribution in [2.75, 3.05) is 0 Å². The summed E-state index contributed by atoms with van der Waals surface area (Å²) in [5.41, 5.74) is 5.29. The summed E-state index contributed by atoms with van der Waals surface area (Å²) >= 11 is 0. The van der Waals surface area contributed by atoms with Crippen molar-refractivity contribution < 1.29 is 0 Å². The summed E-state index contributed by atoms with van der Waals surface area (Å²) in [6, 6.07) is 6.87. The molecule has 0 bridgehead atoms. The largest absolute Gasteiger partial charge is 0.264 e. The predicted octanol–water partition coefficient (Wildman–Crippen LogP) is 9.07. The van der Waals surface area contributed by atoms with Crippen molar-refractivity contribution in [3.63, 3.8) is 0 Å². The fraction of sp³-hybridized carbons (Fsp3) is 0.643. The summed E-state index contributed by atoms with van der Waals surface area (Å²) in [4.78, 5) is 9.31. The Balaban J connectivity index is 2.35. The first kappa shape index (κ1) is 24.6. The second kappa shape index (κ2) is 14.3. The van der Waals surface area contributed by atoms with Gasteiger partial charge >= 0.3 is 0 Å². The van der Waals surface area contributed by atoms with Crippen LogP contribution in [-0.4, -0.2) is 9.97 Å². The molecule has 2 heterocycles. The Hall–Kier alpha value is -1.70. The minimum absolute atomic E-state index is 0.615. The molecule has 30 heavy (non-hydrogen) atoms. The van der Waals surface area contributed by atoms with E-state index in [4.69, 9.17) is 4.98 Å². The second-order valence-corrected chi connectivity index (χ2v) is 8.90. The molecule has 2 nitrogen and oxygen atoms in total. The molecule has 2 aromatic rings. The lowest BCUT2D eigenvalue weighted by molar-refractivity contribution is 0.523. The van der Waals surface area contributed by atoms with Crippen LogP contribution in [0, 0.1) is 0 Å². The minimum Gasteiger partial charge on any atom is -0.264 e. The molecular formula is C28H44N2. The lowest BCUT2D eigenvalue weighted by Crippen LogP contribution is -2.04. The number of hydrogen-bond donors (Lipinski definition) is 0. The third kappa shape index (κ3) is 7.52. The first-order valence-corrected chi connectivity index (χ1v) is 12.6. The van der Waals surface area contributed by atoms with E-state index >= 15 is 0 Å². The van der Waals surface area contributed by atoms with Crippen LogP contribution in [0.3, 0.4) is 0 Å². The van der Waals surface area contributed by atoms with Crippen LogP contribution >= 0.6 is 0 Å². The molecule has 0 aliphatic rings. The number of aromatic nitrogens is 2. The molecule has 0 aliphatic carbocycles. The zero-order valence-corrected chi connectivity index (χ0v) is 20.0. The van der Waals surface area contributed by atoms with Gasteiger partial charge in [0.25, 0.3) is 0 Å². The molecular weight excluding hydrogens is 364 g/mol. The number of nitrogens with zero attached hydrogens (tertiary/aromatic N) is 2. The fourth-order valence-corrected chi connectivity index (χ4v) is 4.56. The second-order valence-electron chi connectivity index (χ2n) is 8.90. The molecule has 0 unspecified atom stereocenters. The van der Waals surface area contributed by atoms with Crippen molar-refractivity contribution in [2.45, 2.75) is 117 Å². The Bertz CT molecular complexity index is 693. The van der Waals surface area contributed by atoms with Gasteiger partial charge in [0.2, 0.25) is 0 Å². The smallest absolute Gasteiger partial charge is 0.0723 e. The van der Waals surface area contributed by atoms with E-state index < -0.39 is 0 Å². The van der Waals surface area contributed by atoms with E-state index in [1.807, 2.05) is 12.4 Å². The molecule has 166 valence electrons. The molecule has 0 spiro atoms. The van der Waals surface area contributed by atoms with Crippen molar-refractivity contribution in [3.8, 4) is 11.3 Å². The SMILES string of the molecule is CCCCC(CCCC)c1ccnc(-c2cnccc2C(CCCC)CCCC)c1. The zero-order valence-electron chi connectivity index (χ0n) is 20.0. The van der Waals surface area contributed by atoms with Crippen molar-refractivity contribution >= 4 is 0 Å². The molecule has 0 atom stereocenters. The molecule has 0 N–H and O–H groups in total. The highest BCUT2D eigenvalue weighted by Crippen LogP contribution is 2.36. The molecule has 0 aromatic carbocycles. The average Bonchev–Trinajstić information content (AvgIpc) is 2.79. The summed E-state index contributed by atoms with van der Waals surface area (Å²) in [6.07, 6.45) is 21.4. The predicted molar refractivity (Wildman–Crippen MR) is 131 cm³/mol. The van der Waals surface area contributed by atoms with Gasteiger partial charge in [-0.2, -0.15) is 0 Å². The van der Waals surface area contributed by atoms with Crippen molar-refractivity contribution in [3.05, 3.63) is 47.9 Å². The van der Waals surface area contributed by atoms with Gasteiger partial charge in [0.1, 0.15) is 0 Å². The lowest BCUT2D eigenvalue weighted by atomic mass is 9.85. The van der Waals surface area contributed by atoms with Crippen molar-refractivity contribution in [2.24, 2.45) is 0 Å². The van der Waals surface area contributed by atoms with Gasteiger partial charge in [-0.25, -0.2) is 0 Å². The molecule has 0 saturated carbocycles. The Labute approximate surface area is 185 Å². The zero-order chi connectivity index (χ0) is 21.6. The van der Waals surface area contributed by atoms with Gasteiger partial charge < -0.3 is 0 Å². The highest BCUT2D eigenvalue weighted by atomic mass is 14.7. The highest BCUT2D eigenvalue weighted by Gasteiger charge is 2.18. The number of pyridine rings is 2. The van der Waals surface area contributed by atoms with Gasteiger partial charge in [-0.05, 0) is 66.8 Å². The van der Waals surface area contributed by atoms with Crippen LogP contribution in [0.4, 0.5) is 0 Å². The van der Waals surface area contributed by atoms with Crippen LogP contribution in [0.25, 0.3) is 11.3 Å². The summed E-state index contributed by atoms with van der Waals surface area (Å²) in [5.74, 6) is 1.27. The van der Waals surface area contributed by atoms with Gasteiger partial charge in [0.15, 0.2) is 0 Å². The van der Waals surface area contributed by atoms with E-state index in [1.165, 1.54) is 93.7 Å². The van der Waals surface area contributed by atoms with Crippen molar-refractivity contribution in [1.29, 1.82) is 0 Å². The van der Waals surface area contributed by atoms with Crippen LogP contribution in [-0.2, 0) is 0 Å². The maximum absolute atomic E-state index is 4.82. The Kier molecular flexibility index (Phi) is 11.7. The first-order valence-electron chi connectivity index (χ1n) is 12.6. The monoisotopic (exact) mass is 408 g/mol. The molecule has 2 rings (SSSR count). The molecule has 2 heteroatoms. The van der Waals surface area contributed by atoms with E-state index in [0.717, 1.165) is 5.69 Å². The number of rotatable bonds is 15. The third-order valence-electron chi connectivity index (χ3n) is 6.45. The van der Waals surface area contributed by atoms with Crippen LogP contribution in [0.15, 0.2) is 36.8 Å². The molecule has 0 fully saturated rings. The van der Waals surface area contributed by atoms with E-state index in [-0.39, 0.29) is 0 Å². The van der Waals surface area contributed by atoms with Crippen LogP contribution in [0.2, 0.25) is 0 Å². The molecule has 0 radical (unpaired) electrons. The van der Waals surface area contributed by atoms with Gasteiger partial charge in [0, 0.05) is 24.2 Å². The Morgan fingerprint density at radius 3 is 1.83 bits per heavy atom. The molecule has 2 aromatic heterocycles. The fourth-order valence-electron chi connectivity index (χ4n) is 4.56. The van der Waals surface area contributed by atoms with Crippen molar-refractivity contribution in [1.82, 2.24) is 9.97 Å². The normalized spacial score (nSPS) is 11.5. The number of hydrogen-bond acceptors (Lipinski definition) is 2. The average molecular weight is 409 g/mol. The van der Waals surface area contributed by atoms with Gasteiger partial charge in [-0.1, -0.05) is 79.1 Å². The quantitative estimate of drug-likeness (QED) is 0.293. The van der Waals surface area contributed by atoms with E-state index in [0.29, 0.717) is 11.8 Å². The third-order valence-corrected chi connectivity index (χ3v) is 6.45. The topological polar surface area (TPSA) is 25.8 Å². The lowest BCUT2D eigenvalue weighted by Gasteiger charge is -2.21. The molecule has 0 amide bonds. The van der Waals surface area contributed by atoms with Crippen LogP contribution in [0.1, 0.15) is 128 Å². The molecule has 0 saturated heterocycles. The molecule has 0 aliphatic heterocycles. The van der Waals surface area contributed by atoms with Gasteiger partial charge in [0.05, 0.1) is 5.69 Å². The summed E-state index contributed by atoms with van der Waals surface area (Å²) in [6.45, 7) is 9.18.